The fourth-order valence-corrected chi connectivity index (χ4v) is 3.00. The fraction of sp³-hybridized carbons (Fsp3) is 0.250. The molecule has 6 heteroatoms. The molecule has 2 rings (SSSR count). The number of nitrogen functional groups attached to an aromatic ring is 1. The summed E-state index contributed by atoms with van der Waals surface area (Å²) in [6.07, 6.45) is 0.544. The van der Waals surface area contributed by atoms with E-state index in [9.17, 15) is 4.79 Å². The molecule has 0 fully saturated rings. The van der Waals surface area contributed by atoms with Gasteiger partial charge in [0.05, 0.1) is 5.69 Å². The number of aliphatic hydroxyl groups excluding tert-OH is 1. The van der Waals surface area contributed by atoms with Crippen LogP contribution in [0, 0.1) is 0 Å². The van der Waals surface area contributed by atoms with Crippen molar-refractivity contribution in [3.8, 4) is 0 Å². The van der Waals surface area contributed by atoms with Crippen molar-refractivity contribution in [1.29, 1.82) is 0 Å². The number of hydrogen-bond acceptors (Lipinski definition) is 4. The average molecular weight is 329 g/mol. The van der Waals surface area contributed by atoms with E-state index in [1.54, 1.807) is 0 Å². The molecule has 1 amide bonds. The molecule has 0 aliphatic carbocycles. The third-order valence-corrected chi connectivity index (χ3v) is 4.19. The summed E-state index contributed by atoms with van der Waals surface area (Å²) < 4.78 is 1.93. The van der Waals surface area contributed by atoms with Gasteiger partial charge in [0.2, 0.25) is 0 Å². The highest BCUT2D eigenvalue weighted by Gasteiger charge is 2.15. The van der Waals surface area contributed by atoms with Gasteiger partial charge in [0.15, 0.2) is 0 Å². The SMILES string of the molecule is Nc1c(C(=O)NCCCO)sc2ccc(Br)cc12. The summed E-state index contributed by atoms with van der Waals surface area (Å²) in [7, 11) is 0. The quantitative estimate of drug-likeness (QED) is 0.754. The van der Waals surface area contributed by atoms with Crippen LogP contribution in [0.15, 0.2) is 22.7 Å². The van der Waals surface area contributed by atoms with Crippen LogP contribution in [0.4, 0.5) is 5.69 Å². The Morgan fingerprint density at radius 3 is 3.00 bits per heavy atom. The van der Waals surface area contributed by atoms with Crippen molar-refractivity contribution >= 4 is 48.9 Å². The number of rotatable bonds is 4. The van der Waals surface area contributed by atoms with E-state index < -0.39 is 0 Å². The van der Waals surface area contributed by atoms with Gasteiger partial charge in [-0.1, -0.05) is 15.9 Å². The maximum Gasteiger partial charge on any atom is 0.263 e. The molecular weight excluding hydrogens is 316 g/mol. The number of thiophene rings is 1. The molecule has 0 radical (unpaired) electrons. The topological polar surface area (TPSA) is 75.4 Å². The normalized spacial score (nSPS) is 10.8. The molecule has 0 saturated heterocycles. The molecule has 0 aliphatic heterocycles. The van der Waals surface area contributed by atoms with Crippen LogP contribution >= 0.6 is 27.3 Å². The van der Waals surface area contributed by atoms with Crippen LogP contribution in [0.1, 0.15) is 16.1 Å². The number of aliphatic hydroxyl groups is 1. The van der Waals surface area contributed by atoms with Crippen LogP contribution in [-0.4, -0.2) is 24.2 Å². The number of fused-ring (bicyclic) bond motifs is 1. The van der Waals surface area contributed by atoms with Gasteiger partial charge in [-0.25, -0.2) is 0 Å². The van der Waals surface area contributed by atoms with Crippen LogP contribution in [0.2, 0.25) is 0 Å². The van der Waals surface area contributed by atoms with Gasteiger partial charge in [0.25, 0.3) is 5.91 Å². The average Bonchev–Trinajstić information content (AvgIpc) is 2.67. The zero-order chi connectivity index (χ0) is 13.1. The van der Waals surface area contributed by atoms with E-state index in [4.69, 9.17) is 10.8 Å². The molecule has 4 N–H and O–H groups in total. The van der Waals surface area contributed by atoms with Crippen molar-refractivity contribution in [2.75, 3.05) is 18.9 Å². The van der Waals surface area contributed by atoms with Crippen molar-refractivity contribution in [3.63, 3.8) is 0 Å². The van der Waals surface area contributed by atoms with Gasteiger partial charge in [-0.2, -0.15) is 0 Å². The van der Waals surface area contributed by atoms with E-state index in [0.717, 1.165) is 14.6 Å². The number of halogens is 1. The molecule has 0 unspecified atom stereocenters. The Morgan fingerprint density at radius 1 is 1.50 bits per heavy atom. The maximum atomic E-state index is 11.9. The first-order chi connectivity index (χ1) is 8.63. The minimum Gasteiger partial charge on any atom is -0.397 e. The molecule has 2 aromatic rings. The lowest BCUT2D eigenvalue weighted by Crippen LogP contribution is -2.24. The number of benzene rings is 1. The Morgan fingerprint density at radius 2 is 2.28 bits per heavy atom. The van der Waals surface area contributed by atoms with E-state index in [1.165, 1.54) is 11.3 Å². The zero-order valence-corrected chi connectivity index (χ0v) is 12.0. The summed E-state index contributed by atoms with van der Waals surface area (Å²) in [6, 6.07) is 5.77. The van der Waals surface area contributed by atoms with E-state index >= 15 is 0 Å². The fourth-order valence-electron chi connectivity index (χ4n) is 1.62. The summed E-state index contributed by atoms with van der Waals surface area (Å²) >= 11 is 4.76. The monoisotopic (exact) mass is 328 g/mol. The molecular formula is C12H13BrN2O2S. The second-order valence-corrected chi connectivity index (χ2v) is 5.79. The first-order valence-electron chi connectivity index (χ1n) is 5.50. The van der Waals surface area contributed by atoms with Crippen LogP contribution in [0.5, 0.6) is 0 Å². The van der Waals surface area contributed by atoms with Crippen LogP contribution in [-0.2, 0) is 0 Å². The minimum absolute atomic E-state index is 0.0646. The van der Waals surface area contributed by atoms with Gasteiger partial charge in [-0.05, 0) is 24.6 Å². The van der Waals surface area contributed by atoms with Crippen LogP contribution in [0.25, 0.3) is 10.1 Å². The highest BCUT2D eigenvalue weighted by atomic mass is 79.9. The summed E-state index contributed by atoms with van der Waals surface area (Å²) in [5, 5.41) is 12.3. The molecule has 0 bridgehead atoms. The van der Waals surface area contributed by atoms with Gasteiger partial charge in [0.1, 0.15) is 4.88 Å². The predicted octanol–water partition coefficient (Wildman–Crippen LogP) is 2.36. The number of carbonyl (C=O) groups excluding carboxylic acids is 1. The molecule has 18 heavy (non-hydrogen) atoms. The molecule has 96 valence electrons. The third kappa shape index (κ3) is 2.66. The lowest BCUT2D eigenvalue weighted by Gasteiger charge is -2.02. The van der Waals surface area contributed by atoms with Crippen molar-refractivity contribution in [2.24, 2.45) is 0 Å². The van der Waals surface area contributed by atoms with Gasteiger partial charge in [-0.15, -0.1) is 11.3 Å². The van der Waals surface area contributed by atoms with Crippen LogP contribution in [0.3, 0.4) is 0 Å². The number of nitrogens with one attached hydrogen (secondary N) is 1. The number of carbonyl (C=O) groups is 1. The first-order valence-corrected chi connectivity index (χ1v) is 7.11. The summed E-state index contributed by atoms with van der Waals surface area (Å²) in [4.78, 5) is 12.4. The Hall–Kier alpha value is -1.11. The van der Waals surface area contributed by atoms with E-state index in [-0.39, 0.29) is 12.5 Å². The van der Waals surface area contributed by atoms with E-state index in [2.05, 4.69) is 21.2 Å². The van der Waals surface area contributed by atoms with E-state index in [1.807, 2.05) is 18.2 Å². The number of amides is 1. The highest BCUT2D eigenvalue weighted by molar-refractivity contribution is 9.10. The highest BCUT2D eigenvalue weighted by Crippen LogP contribution is 2.35. The van der Waals surface area contributed by atoms with Gasteiger partial charge in [-0.3, -0.25) is 4.79 Å². The second-order valence-electron chi connectivity index (χ2n) is 3.82. The molecule has 0 spiro atoms. The second kappa shape index (κ2) is 5.69. The van der Waals surface area contributed by atoms with Crippen molar-refractivity contribution in [1.82, 2.24) is 5.32 Å². The predicted molar refractivity (Wildman–Crippen MR) is 78.0 cm³/mol. The zero-order valence-electron chi connectivity index (χ0n) is 9.57. The Bertz CT molecular complexity index is 583. The molecule has 0 saturated carbocycles. The smallest absolute Gasteiger partial charge is 0.263 e. The largest absolute Gasteiger partial charge is 0.397 e. The maximum absolute atomic E-state index is 11.9. The third-order valence-electron chi connectivity index (χ3n) is 2.52. The van der Waals surface area contributed by atoms with E-state index in [0.29, 0.717) is 23.5 Å². The molecule has 1 aromatic heterocycles. The molecule has 1 aromatic carbocycles. The van der Waals surface area contributed by atoms with Crippen molar-refractivity contribution < 1.29 is 9.90 Å². The molecule has 1 heterocycles. The summed E-state index contributed by atoms with van der Waals surface area (Å²) in [5.41, 5.74) is 6.50. The van der Waals surface area contributed by atoms with Gasteiger partial charge < -0.3 is 16.2 Å². The number of nitrogens with two attached hydrogens (primary N) is 1. The van der Waals surface area contributed by atoms with Gasteiger partial charge >= 0.3 is 0 Å². The number of anilines is 1. The van der Waals surface area contributed by atoms with Crippen LogP contribution < -0.4 is 11.1 Å². The number of hydrogen-bond donors (Lipinski definition) is 3. The Kier molecular flexibility index (Phi) is 4.21. The first kappa shape index (κ1) is 13.3. The van der Waals surface area contributed by atoms with Crippen molar-refractivity contribution in [3.05, 3.63) is 27.5 Å². The Labute approximate surface area is 117 Å². The lowest BCUT2D eigenvalue weighted by molar-refractivity contribution is 0.0956. The Balaban J connectivity index is 2.28. The summed E-state index contributed by atoms with van der Waals surface area (Å²) in [6.45, 7) is 0.516. The van der Waals surface area contributed by atoms with Gasteiger partial charge in [0, 0.05) is 27.7 Å². The minimum atomic E-state index is -0.182. The summed E-state index contributed by atoms with van der Waals surface area (Å²) in [5.74, 6) is -0.182. The lowest BCUT2D eigenvalue weighted by atomic mass is 10.2. The van der Waals surface area contributed by atoms with Crippen molar-refractivity contribution in [2.45, 2.75) is 6.42 Å². The standard InChI is InChI=1S/C12H13BrN2O2S/c13-7-2-3-9-8(6-7)10(14)11(18-9)12(17)15-4-1-5-16/h2-3,6,16H,1,4-5,14H2,(H,15,17). The molecule has 0 atom stereocenters. The molecule has 0 aliphatic rings. The molecule has 4 nitrogen and oxygen atoms in total.